The van der Waals surface area contributed by atoms with Crippen LogP contribution in [0.5, 0.6) is 11.5 Å². The molecule has 1 aliphatic rings. The Balaban J connectivity index is 1.87. The number of sulfonamides is 1. The Kier molecular flexibility index (Phi) is 7.58. The summed E-state index contributed by atoms with van der Waals surface area (Å²) < 4.78 is 86.4. The Labute approximate surface area is 199 Å². The number of halogens is 4. The van der Waals surface area contributed by atoms with Crippen LogP contribution in [0.1, 0.15) is 19.8 Å². The van der Waals surface area contributed by atoms with Crippen molar-refractivity contribution >= 4 is 33.2 Å². The number of hydrogen-bond donors (Lipinski definition) is 0. The predicted octanol–water partition coefficient (Wildman–Crippen LogP) is 3.86. The van der Waals surface area contributed by atoms with Gasteiger partial charge in [0.2, 0.25) is 21.8 Å². The lowest BCUT2D eigenvalue weighted by Crippen LogP contribution is -2.43. The molecule has 1 aliphatic heterocycles. The summed E-state index contributed by atoms with van der Waals surface area (Å²) in [6.07, 6.45) is -5.03. The van der Waals surface area contributed by atoms with Crippen LogP contribution in [0.25, 0.3) is 0 Å². The van der Waals surface area contributed by atoms with Crippen molar-refractivity contribution in [2.75, 3.05) is 28.6 Å². The summed E-state index contributed by atoms with van der Waals surface area (Å²) in [6, 6.07) is 7.74. The van der Waals surface area contributed by atoms with Gasteiger partial charge in [0.25, 0.3) is 0 Å². The highest BCUT2D eigenvalue weighted by molar-refractivity contribution is 7.93. The molecule has 1 unspecified atom stereocenters. The van der Waals surface area contributed by atoms with Gasteiger partial charge < -0.3 is 14.4 Å². The van der Waals surface area contributed by atoms with Gasteiger partial charge in [0.15, 0.2) is 11.6 Å². The molecule has 8 nitrogen and oxygen atoms in total. The van der Waals surface area contributed by atoms with Crippen molar-refractivity contribution in [2.24, 2.45) is 5.92 Å². The number of nitrogens with zero attached hydrogens (tertiary/aromatic N) is 2. The van der Waals surface area contributed by atoms with E-state index in [0.29, 0.717) is 4.31 Å². The monoisotopic (exact) mass is 518 g/mol. The molecule has 3 rings (SSSR count). The highest BCUT2D eigenvalue weighted by atomic mass is 32.2. The fourth-order valence-electron chi connectivity index (χ4n) is 3.67. The smallest absolute Gasteiger partial charge is 0.494 e. The Hall–Kier alpha value is -3.35. The van der Waals surface area contributed by atoms with Crippen LogP contribution in [0.2, 0.25) is 0 Å². The number of ether oxygens (including phenoxy) is 2. The van der Waals surface area contributed by atoms with Gasteiger partial charge in [-0.2, -0.15) is 0 Å². The number of carbonyl (C=O) groups excluding carboxylic acids is 2. The van der Waals surface area contributed by atoms with Crippen LogP contribution in [0, 0.1) is 11.7 Å². The molecule has 1 saturated heterocycles. The van der Waals surface area contributed by atoms with Gasteiger partial charge in [-0.05, 0) is 42.8 Å². The second-order valence-electron chi connectivity index (χ2n) is 7.68. The molecular formula is C22H22F4N2O6S. The number of benzene rings is 2. The molecule has 0 aromatic heterocycles. The van der Waals surface area contributed by atoms with Crippen LogP contribution in [0.15, 0.2) is 42.5 Å². The summed E-state index contributed by atoms with van der Waals surface area (Å²) >= 11 is 0. The average molecular weight is 518 g/mol. The molecule has 35 heavy (non-hydrogen) atoms. The predicted molar refractivity (Wildman–Crippen MR) is 118 cm³/mol. The third kappa shape index (κ3) is 6.02. The third-order valence-electron chi connectivity index (χ3n) is 5.17. The van der Waals surface area contributed by atoms with Crippen molar-refractivity contribution in [1.82, 2.24) is 0 Å². The minimum Gasteiger partial charge on any atom is -0.494 e. The van der Waals surface area contributed by atoms with E-state index < -0.39 is 51.4 Å². The highest BCUT2D eigenvalue weighted by Gasteiger charge is 2.41. The van der Waals surface area contributed by atoms with Gasteiger partial charge >= 0.3 is 6.36 Å². The fraction of sp³-hybridized carbons (Fsp3) is 0.364. The number of methoxy groups -OCH3 is 1. The first-order chi connectivity index (χ1) is 16.4. The summed E-state index contributed by atoms with van der Waals surface area (Å²) in [5.74, 6) is -4.44. The number of amides is 2. The van der Waals surface area contributed by atoms with Gasteiger partial charge in [0.1, 0.15) is 5.75 Å². The Bertz CT molecular complexity index is 1200. The molecule has 1 heterocycles. The van der Waals surface area contributed by atoms with E-state index in [1.54, 1.807) is 6.92 Å². The van der Waals surface area contributed by atoms with Crippen molar-refractivity contribution in [3.05, 3.63) is 48.3 Å². The van der Waals surface area contributed by atoms with Crippen LogP contribution in [0.4, 0.5) is 28.9 Å². The second kappa shape index (κ2) is 10.1. The van der Waals surface area contributed by atoms with E-state index in [1.165, 1.54) is 36.3 Å². The van der Waals surface area contributed by atoms with Crippen LogP contribution in [-0.2, 0) is 19.6 Å². The molecule has 1 fully saturated rings. The average Bonchev–Trinajstić information content (AvgIpc) is 3.15. The zero-order valence-electron chi connectivity index (χ0n) is 18.7. The van der Waals surface area contributed by atoms with E-state index in [9.17, 15) is 35.6 Å². The highest BCUT2D eigenvalue weighted by Crippen LogP contribution is 2.32. The zero-order valence-corrected chi connectivity index (χ0v) is 19.5. The van der Waals surface area contributed by atoms with E-state index >= 15 is 0 Å². The van der Waals surface area contributed by atoms with Crippen molar-refractivity contribution in [3.63, 3.8) is 0 Å². The van der Waals surface area contributed by atoms with Crippen molar-refractivity contribution in [3.8, 4) is 11.5 Å². The first-order valence-electron chi connectivity index (χ1n) is 10.4. The summed E-state index contributed by atoms with van der Waals surface area (Å²) in [7, 11) is -2.97. The summed E-state index contributed by atoms with van der Waals surface area (Å²) in [5.41, 5.74) is -0.0282. The fourth-order valence-corrected chi connectivity index (χ4v) is 5.23. The van der Waals surface area contributed by atoms with E-state index in [2.05, 4.69) is 4.74 Å². The molecule has 1 atom stereocenters. The largest absolute Gasteiger partial charge is 0.573 e. The van der Waals surface area contributed by atoms with Crippen LogP contribution >= 0.6 is 0 Å². The molecule has 13 heteroatoms. The molecule has 2 amide bonds. The van der Waals surface area contributed by atoms with E-state index in [-0.39, 0.29) is 36.5 Å². The quantitative estimate of drug-likeness (QED) is 0.493. The van der Waals surface area contributed by atoms with Crippen molar-refractivity contribution in [1.29, 1.82) is 0 Å². The van der Waals surface area contributed by atoms with Gasteiger partial charge in [0, 0.05) is 24.7 Å². The maximum Gasteiger partial charge on any atom is 0.573 e. The van der Waals surface area contributed by atoms with E-state index in [4.69, 9.17) is 4.74 Å². The van der Waals surface area contributed by atoms with Crippen LogP contribution in [-0.4, -0.2) is 46.0 Å². The number of rotatable bonds is 8. The molecule has 0 bridgehead atoms. The topological polar surface area (TPSA) is 93.2 Å². The molecule has 0 spiro atoms. The lowest BCUT2D eigenvalue weighted by atomic mass is 10.1. The maximum absolute atomic E-state index is 14.3. The van der Waals surface area contributed by atoms with Crippen molar-refractivity contribution in [2.45, 2.75) is 26.1 Å². The van der Waals surface area contributed by atoms with Crippen LogP contribution < -0.4 is 18.7 Å². The minimum absolute atomic E-state index is 0.144. The Morgan fingerprint density at radius 3 is 2.37 bits per heavy atom. The molecule has 2 aromatic rings. The minimum atomic E-state index is -4.88. The SMILES string of the molecule is CCCS(=O)(=O)N(C(=O)C1CC(=O)N(c2ccc(OC(F)(F)F)cc2)C1)c1ccc(OC)c(F)c1. The summed E-state index contributed by atoms with van der Waals surface area (Å²) in [5, 5.41) is 0. The lowest BCUT2D eigenvalue weighted by molar-refractivity contribution is -0.274. The Morgan fingerprint density at radius 2 is 1.83 bits per heavy atom. The van der Waals surface area contributed by atoms with Gasteiger partial charge in [-0.3, -0.25) is 9.59 Å². The number of hydrogen-bond acceptors (Lipinski definition) is 6. The number of carbonyl (C=O) groups is 2. The maximum atomic E-state index is 14.3. The number of anilines is 2. The van der Waals surface area contributed by atoms with Crippen LogP contribution in [0.3, 0.4) is 0 Å². The third-order valence-corrected chi connectivity index (χ3v) is 7.04. The first kappa shape index (κ1) is 26.3. The van der Waals surface area contributed by atoms with Gasteiger partial charge in [-0.15, -0.1) is 13.2 Å². The van der Waals surface area contributed by atoms with E-state index in [0.717, 1.165) is 18.2 Å². The van der Waals surface area contributed by atoms with Gasteiger partial charge in [-0.25, -0.2) is 17.1 Å². The zero-order chi connectivity index (χ0) is 26.0. The second-order valence-corrected chi connectivity index (χ2v) is 9.62. The van der Waals surface area contributed by atoms with E-state index in [1.807, 2.05) is 0 Å². The molecule has 0 radical (unpaired) electrons. The lowest BCUT2D eigenvalue weighted by Gasteiger charge is -2.25. The van der Waals surface area contributed by atoms with Gasteiger partial charge in [-0.1, -0.05) is 6.92 Å². The molecule has 2 aromatic carbocycles. The molecule has 0 N–H and O–H groups in total. The standard InChI is InChI=1S/C22H22F4N2O6S/c1-3-10-35(31,32)28(16-6-9-19(33-2)18(23)12-16)21(30)14-11-20(29)27(13-14)15-4-7-17(8-5-15)34-22(24,25)26/h4-9,12,14H,3,10-11,13H2,1-2H3. The molecular weight excluding hydrogens is 496 g/mol. The molecule has 190 valence electrons. The summed E-state index contributed by atoms with van der Waals surface area (Å²) in [4.78, 5) is 27.1. The Morgan fingerprint density at radius 1 is 1.17 bits per heavy atom. The summed E-state index contributed by atoms with van der Waals surface area (Å²) in [6.45, 7) is 1.38. The normalized spacial score (nSPS) is 16.3. The number of alkyl halides is 3. The molecule has 0 aliphatic carbocycles. The molecule has 0 saturated carbocycles. The van der Waals surface area contributed by atoms with Gasteiger partial charge in [0.05, 0.1) is 24.5 Å². The van der Waals surface area contributed by atoms with Crippen molar-refractivity contribution < 1.29 is 45.0 Å². The first-order valence-corrected chi connectivity index (χ1v) is 12.0.